The molecule has 0 N–H and O–H groups in total. The molecule has 2 atom stereocenters. The van der Waals surface area contributed by atoms with Crippen molar-refractivity contribution in [2.45, 2.75) is 65.8 Å². The average molecular weight is 211 g/mol. The lowest BCUT2D eigenvalue weighted by molar-refractivity contribution is -0.125. The molecule has 1 rings (SSSR count). The second-order valence-electron chi connectivity index (χ2n) is 6.16. The largest absolute Gasteiger partial charge is 0.300 e. The van der Waals surface area contributed by atoms with Crippen LogP contribution in [0, 0.1) is 11.3 Å². The monoisotopic (exact) mass is 211 g/mol. The average Bonchev–Trinajstić information content (AvgIpc) is 2.16. The summed E-state index contributed by atoms with van der Waals surface area (Å²) in [4.78, 5) is 2.63. The maximum Gasteiger partial charge on any atom is 0.0242 e. The summed E-state index contributed by atoms with van der Waals surface area (Å²) >= 11 is 0. The molecule has 0 aliphatic heterocycles. The summed E-state index contributed by atoms with van der Waals surface area (Å²) in [5, 5.41) is 0. The lowest BCUT2D eigenvalue weighted by Gasteiger charge is -2.63. The Kier molecular flexibility index (Phi) is 3.86. The van der Waals surface area contributed by atoms with E-state index in [0.717, 1.165) is 5.92 Å². The predicted octanol–water partition coefficient (Wildman–Crippen LogP) is 3.93. The molecule has 1 heteroatoms. The molecule has 0 aromatic rings. The summed E-state index contributed by atoms with van der Waals surface area (Å²) in [5.41, 5.74) is 1.06. The zero-order valence-electron chi connectivity index (χ0n) is 11.6. The first-order valence-electron chi connectivity index (χ1n) is 6.62. The molecular weight excluding hydrogens is 182 g/mol. The van der Waals surface area contributed by atoms with E-state index in [1.165, 1.54) is 32.2 Å². The molecule has 0 radical (unpaired) electrons. The minimum absolute atomic E-state index is 0.508. The van der Waals surface area contributed by atoms with Crippen LogP contribution in [0.3, 0.4) is 0 Å². The second kappa shape index (κ2) is 4.45. The highest BCUT2D eigenvalue weighted by Crippen LogP contribution is 2.57. The van der Waals surface area contributed by atoms with Crippen LogP contribution in [0.1, 0.15) is 60.3 Å². The van der Waals surface area contributed by atoms with Gasteiger partial charge in [-0.1, -0.05) is 41.0 Å². The summed E-state index contributed by atoms with van der Waals surface area (Å²) in [6.07, 6.45) is 5.34. The molecule has 1 aliphatic carbocycles. The highest BCUT2D eigenvalue weighted by atomic mass is 15.2. The Labute approximate surface area is 96.2 Å². The maximum absolute atomic E-state index is 2.63. The molecular formula is C14H29N. The molecule has 0 spiro atoms. The summed E-state index contributed by atoms with van der Waals surface area (Å²) < 4.78 is 0. The second-order valence-corrected chi connectivity index (χ2v) is 6.16. The summed E-state index contributed by atoms with van der Waals surface area (Å²) in [5.74, 6) is 0.835. The van der Waals surface area contributed by atoms with Gasteiger partial charge in [0.1, 0.15) is 0 Å². The van der Waals surface area contributed by atoms with Gasteiger partial charge in [0.25, 0.3) is 0 Å². The van der Waals surface area contributed by atoms with Crippen molar-refractivity contribution in [3.63, 3.8) is 0 Å². The molecule has 2 unspecified atom stereocenters. The molecule has 1 aliphatic rings. The highest BCUT2D eigenvalue weighted by molar-refractivity contribution is 5.10. The van der Waals surface area contributed by atoms with Gasteiger partial charge in [-0.15, -0.1) is 0 Å². The van der Waals surface area contributed by atoms with E-state index in [1.54, 1.807) is 0 Å². The third-order valence-electron chi connectivity index (χ3n) is 4.74. The zero-order chi connectivity index (χ0) is 11.7. The van der Waals surface area contributed by atoms with Crippen LogP contribution >= 0.6 is 0 Å². The van der Waals surface area contributed by atoms with Gasteiger partial charge in [0.05, 0.1) is 0 Å². The number of rotatable bonds is 5. The van der Waals surface area contributed by atoms with Gasteiger partial charge < -0.3 is 4.90 Å². The molecule has 0 amide bonds. The van der Waals surface area contributed by atoms with Crippen molar-refractivity contribution in [2.75, 3.05) is 13.6 Å². The van der Waals surface area contributed by atoms with Crippen LogP contribution in [-0.4, -0.2) is 24.0 Å². The van der Waals surface area contributed by atoms with Crippen LogP contribution in [0.5, 0.6) is 0 Å². The van der Waals surface area contributed by atoms with Gasteiger partial charge in [-0.05, 0) is 44.2 Å². The Bertz CT molecular complexity index is 209. The Morgan fingerprint density at radius 3 is 2.13 bits per heavy atom. The van der Waals surface area contributed by atoms with E-state index in [-0.39, 0.29) is 0 Å². The number of hydrogen-bond acceptors (Lipinski definition) is 1. The minimum atomic E-state index is 0.508. The standard InChI is InChI=1S/C14H29N/c1-7-9-14(15(6)10-8-2)11-13(4,5)12(14)3/h12H,7-11H2,1-6H3. The van der Waals surface area contributed by atoms with Crippen LogP contribution in [0.4, 0.5) is 0 Å². The van der Waals surface area contributed by atoms with Crippen LogP contribution in [0.2, 0.25) is 0 Å². The molecule has 90 valence electrons. The first-order chi connectivity index (χ1) is 6.90. The van der Waals surface area contributed by atoms with E-state index in [9.17, 15) is 0 Å². The minimum Gasteiger partial charge on any atom is -0.300 e. The fourth-order valence-electron chi connectivity index (χ4n) is 3.64. The van der Waals surface area contributed by atoms with Crippen molar-refractivity contribution in [1.29, 1.82) is 0 Å². The summed E-state index contributed by atoms with van der Waals surface area (Å²) in [7, 11) is 2.32. The fraction of sp³-hybridized carbons (Fsp3) is 1.00. The first kappa shape index (κ1) is 13.0. The molecule has 0 aromatic heterocycles. The smallest absolute Gasteiger partial charge is 0.0242 e. The SMILES string of the molecule is CCCN(C)C1(CCC)CC(C)(C)C1C. The third kappa shape index (κ3) is 2.08. The Balaban J connectivity index is 2.74. The van der Waals surface area contributed by atoms with E-state index >= 15 is 0 Å². The fourth-order valence-corrected chi connectivity index (χ4v) is 3.64. The maximum atomic E-state index is 2.63. The van der Waals surface area contributed by atoms with Crippen molar-refractivity contribution in [3.05, 3.63) is 0 Å². The van der Waals surface area contributed by atoms with Crippen LogP contribution < -0.4 is 0 Å². The topological polar surface area (TPSA) is 3.24 Å². The van der Waals surface area contributed by atoms with Gasteiger partial charge >= 0.3 is 0 Å². The van der Waals surface area contributed by atoms with Crippen LogP contribution in [0.15, 0.2) is 0 Å². The van der Waals surface area contributed by atoms with Crippen molar-refractivity contribution >= 4 is 0 Å². The van der Waals surface area contributed by atoms with Gasteiger partial charge in [0, 0.05) is 5.54 Å². The zero-order valence-corrected chi connectivity index (χ0v) is 11.6. The summed E-state index contributed by atoms with van der Waals surface area (Å²) in [6.45, 7) is 13.1. The summed E-state index contributed by atoms with van der Waals surface area (Å²) in [6, 6.07) is 0. The molecule has 0 saturated heterocycles. The molecule has 0 aromatic carbocycles. The van der Waals surface area contributed by atoms with E-state index in [2.05, 4.69) is 46.6 Å². The Morgan fingerprint density at radius 2 is 1.80 bits per heavy atom. The van der Waals surface area contributed by atoms with E-state index < -0.39 is 0 Å². The molecule has 1 nitrogen and oxygen atoms in total. The molecule has 0 heterocycles. The molecule has 0 bridgehead atoms. The normalized spacial score (nSPS) is 34.2. The van der Waals surface area contributed by atoms with Gasteiger partial charge in [-0.2, -0.15) is 0 Å². The number of hydrogen-bond donors (Lipinski definition) is 0. The molecule has 1 fully saturated rings. The lowest BCUT2D eigenvalue weighted by Crippen LogP contribution is -2.65. The Hall–Kier alpha value is -0.0400. The quantitative estimate of drug-likeness (QED) is 0.666. The number of nitrogens with zero attached hydrogens (tertiary/aromatic N) is 1. The Morgan fingerprint density at radius 1 is 1.20 bits per heavy atom. The van der Waals surface area contributed by atoms with Crippen LogP contribution in [-0.2, 0) is 0 Å². The molecule has 1 saturated carbocycles. The van der Waals surface area contributed by atoms with E-state index in [4.69, 9.17) is 0 Å². The van der Waals surface area contributed by atoms with Gasteiger partial charge in [0.15, 0.2) is 0 Å². The van der Waals surface area contributed by atoms with Crippen LogP contribution in [0.25, 0.3) is 0 Å². The van der Waals surface area contributed by atoms with Crippen molar-refractivity contribution < 1.29 is 0 Å². The van der Waals surface area contributed by atoms with Crippen molar-refractivity contribution in [3.8, 4) is 0 Å². The van der Waals surface area contributed by atoms with Gasteiger partial charge in [-0.3, -0.25) is 0 Å². The van der Waals surface area contributed by atoms with E-state index in [1.807, 2.05) is 0 Å². The van der Waals surface area contributed by atoms with Gasteiger partial charge in [-0.25, -0.2) is 0 Å². The predicted molar refractivity (Wildman–Crippen MR) is 68.1 cm³/mol. The first-order valence-corrected chi connectivity index (χ1v) is 6.62. The van der Waals surface area contributed by atoms with Gasteiger partial charge in [0.2, 0.25) is 0 Å². The van der Waals surface area contributed by atoms with Crippen molar-refractivity contribution in [1.82, 2.24) is 4.90 Å². The lowest BCUT2D eigenvalue weighted by atomic mass is 9.50. The third-order valence-corrected chi connectivity index (χ3v) is 4.74. The van der Waals surface area contributed by atoms with E-state index in [0.29, 0.717) is 11.0 Å². The van der Waals surface area contributed by atoms with Crippen molar-refractivity contribution in [2.24, 2.45) is 11.3 Å². The highest BCUT2D eigenvalue weighted by Gasteiger charge is 2.56. The molecule has 15 heavy (non-hydrogen) atoms.